The van der Waals surface area contributed by atoms with Crippen molar-refractivity contribution in [3.8, 4) is 5.75 Å². The minimum absolute atomic E-state index is 0.340. The van der Waals surface area contributed by atoms with Gasteiger partial charge in [-0.1, -0.05) is 12.1 Å². The lowest BCUT2D eigenvalue weighted by atomic mass is 10.1. The number of aromatic nitrogens is 1. The van der Waals surface area contributed by atoms with Gasteiger partial charge in [0.15, 0.2) is 0 Å². The average molecular weight is 290 g/mol. The molecule has 0 aliphatic heterocycles. The molecule has 0 radical (unpaired) electrons. The van der Waals surface area contributed by atoms with Gasteiger partial charge < -0.3 is 20.1 Å². The number of benzene rings is 1. The quantitative estimate of drug-likeness (QED) is 0.760. The molecule has 110 valence electrons. The van der Waals surface area contributed by atoms with Gasteiger partial charge in [-0.3, -0.25) is 14.4 Å². The topological polar surface area (TPSA) is 109 Å². The first kappa shape index (κ1) is 14.6. The summed E-state index contributed by atoms with van der Waals surface area (Å²) in [6.45, 7) is 1.27. The molecule has 3 N–H and O–H groups in total. The maximum absolute atomic E-state index is 12.2. The highest BCUT2D eigenvalue weighted by molar-refractivity contribution is 6.03. The van der Waals surface area contributed by atoms with Crippen LogP contribution in [0.25, 0.3) is 10.9 Å². The highest BCUT2D eigenvalue weighted by atomic mass is 16.4. The van der Waals surface area contributed by atoms with E-state index in [4.69, 9.17) is 5.11 Å². The number of fused-ring (bicyclic) bond motifs is 1. The Hall–Kier alpha value is -2.83. The summed E-state index contributed by atoms with van der Waals surface area (Å²) in [5, 5.41) is 21.4. The number of carbonyl (C=O) groups is 2. The molecule has 0 saturated carbocycles. The number of carboxylic acid groups (broad SMARTS) is 1. The van der Waals surface area contributed by atoms with E-state index in [2.05, 4.69) is 5.32 Å². The fourth-order valence-electron chi connectivity index (χ4n) is 2.01. The first-order valence-corrected chi connectivity index (χ1v) is 6.19. The van der Waals surface area contributed by atoms with E-state index in [1.165, 1.54) is 18.5 Å². The van der Waals surface area contributed by atoms with Crippen LogP contribution in [0.2, 0.25) is 0 Å². The van der Waals surface area contributed by atoms with Crippen LogP contribution in [-0.2, 0) is 11.8 Å². The van der Waals surface area contributed by atoms with Gasteiger partial charge in [0.2, 0.25) is 0 Å². The molecule has 2 aromatic rings. The first-order chi connectivity index (χ1) is 9.84. The lowest BCUT2D eigenvalue weighted by Gasteiger charge is -2.13. The summed E-state index contributed by atoms with van der Waals surface area (Å²) in [6, 6.07) is 5.40. The molecule has 1 heterocycles. The molecule has 0 spiro atoms. The second-order valence-electron chi connectivity index (χ2n) is 4.64. The number of carbonyl (C=O) groups excluding carboxylic acids is 1. The fourth-order valence-corrected chi connectivity index (χ4v) is 2.01. The molecule has 1 amide bonds. The van der Waals surface area contributed by atoms with E-state index >= 15 is 0 Å². The summed E-state index contributed by atoms with van der Waals surface area (Å²) in [6.07, 6.45) is 0. The molecule has 0 unspecified atom stereocenters. The van der Waals surface area contributed by atoms with Gasteiger partial charge >= 0.3 is 5.97 Å². The lowest BCUT2D eigenvalue weighted by Crippen LogP contribution is -2.41. The maximum Gasteiger partial charge on any atom is 0.325 e. The highest BCUT2D eigenvalue weighted by Crippen LogP contribution is 2.25. The van der Waals surface area contributed by atoms with E-state index < -0.39 is 34.8 Å². The molecule has 2 rings (SSSR count). The van der Waals surface area contributed by atoms with E-state index in [0.717, 1.165) is 0 Å². The minimum Gasteiger partial charge on any atom is -0.506 e. The summed E-state index contributed by atoms with van der Waals surface area (Å²) in [7, 11) is 1.47. The zero-order valence-electron chi connectivity index (χ0n) is 11.5. The number of nitrogens with zero attached hydrogens (tertiary/aromatic N) is 1. The van der Waals surface area contributed by atoms with Crippen LogP contribution >= 0.6 is 0 Å². The van der Waals surface area contributed by atoms with Crippen LogP contribution in [0.4, 0.5) is 0 Å². The summed E-state index contributed by atoms with van der Waals surface area (Å²) >= 11 is 0. The van der Waals surface area contributed by atoms with Crippen molar-refractivity contribution in [1.82, 2.24) is 9.88 Å². The lowest BCUT2D eigenvalue weighted by molar-refractivity contribution is -0.138. The van der Waals surface area contributed by atoms with Crippen molar-refractivity contribution in [2.24, 2.45) is 7.05 Å². The summed E-state index contributed by atoms with van der Waals surface area (Å²) in [5.74, 6) is -2.61. The summed E-state index contributed by atoms with van der Waals surface area (Å²) in [5.41, 5.74) is -0.687. The predicted octanol–water partition coefficient (Wildman–Crippen LogP) is 0.447. The van der Waals surface area contributed by atoms with Crippen LogP contribution in [0, 0.1) is 0 Å². The van der Waals surface area contributed by atoms with Crippen LogP contribution in [0.3, 0.4) is 0 Å². The molecule has 1 aromatic heterocycles. The molecule has 7 heteroatoms. The molecule has 0 bridgehead atoms. The summed E-state index contributed by atoms with van der Waals surface area (Å²) < 4.78 is 1.23. The smallest absolute Gasteiger partial charge is 0.325 e. The molecule has 0 saturated heterocycles. The van der Waals surface area contributed by atoms with E-state index in [0.29, 0.717) is 10.9 Å². The predicted molar refractivity (Wildman–Crippen MR) is 75.4 cm³/mol. The third-order valence-corrected chi connectivity index (χ3v) is 3.22. The van der Waals surface area contributed by atoms with E-state index in [9.17, 15) is 19.5 Å². The number of para-hydroxylation sites is 1. The zero-order chi connectivity index (χ0) is 15.7. The number of hydrogen-bond donors (Lipinski definition) is 3. The van der Waals surface area contributed by atoms with Crippen LogP contribution in [0.1, 0.15) is 17.3 Å². The third kappa shape index (κ3) is 2.45. The van der Waals surface area contributed by atoms with Crippen molar-refractivity contribution in [1.29, 1.82) is 0 Å². The number of pyridine rings is 1. The Morgan fingerprint density at radius 1 is 1.29 bits per heavy atom. The normalized spacial score (nSPS) is 12.1. The van der Waals surface area contributed by atoms with Crippen LogP contribution < -0.4 is 10.9 Å². The number of amides is 1. The number of aryl methyl sites for hydroxylation is 1. The Bertz CT molecular complexity index is 794. The third-order valence-electron chi connectivity index (χ3n) is 3.22. The van der Waals surface area contributed by atoms with Crippen molar-refractivity contribution in [2.45, 2.75) is 13.0 Å². The fraction of sp³-hybridized carbons (Fsp3) is 0.214. The van der Waals surface area contributed by atoms with Crippen LogP contribution in [0.5, 0.6) is 5.75 Å². The van der Waals surface area contributed by atoms with Gasteiger partial charge in [-0.05, 0) is 19.1 Å². The molecule has 0 fully saturated rings. The molecular weight excluding hydrogens is 276 g/mol. The number of hydrogen-bond acceptors (Lipinski definition) is 4. The maximum atomic E-state index is 12.2. The summed E-state index contributed by atoms with van der Waals surface area (Å²) in [4.78, 5) is 35.0. The van der Waals surface area contributed by atoms with Gasteiger partial charge in [0.25, 0.3) is 11.5 Å². The van der Waals surface area contributed by atoms with E-state index in [-0.39, 0.29) is 0 Å². The van der Waals surface area contributed by atoms with Gasteiger partial charge in [-0.2, -0.15) is 0 Å². The first-order valence-electron chi connectivity index (χ1n) is 6.19. The SMILES string of the molecule is C[C@@H](NC(=O)c1c(O)c2ccccc2n(C)c1=O)C(=O)O. The second-order valence-corrected chi connectivity index (χ2v) is 4.64. The molecule has 7 nitrogen and oxygen atoms in total. The van der Waals surface area contributed by atoms with E-state index in [1.54, 1.807) is 24.3 Å². The largest absolute Gasteiger partial charge is 0.506 e. The Morgan fingerprint density at radius 3 is 2.52 bits per heavy atom. The van der Waals surface area contributed by atoms with Crippen molar-refractivity contribution < 1.29 is 19.8 Å². The minimum atomic E-state index is -1.24. The highest BCUT2D eigenvalue weighted by Gasteiger charge is 2.23. The molecule has 21 heavy (non-hydrogen) atoms. The average Bonchev–Trinajstić information content (AvgIpc) is 2.45. The van der Waals surface area contributed by atoms with Crippen molar-refractivity contribution in [2.75, 3.05) is 0 Å². The Balaban J connectivity index is 2.62. The van der Waals surface area contributed by atoms with Gasteiger partial charge in [0, 0.05) is 12.4 Å². The van der Waals surface area contributed by atoms with E-state index in [1.807, 2.05) is 0 Å². The number of carboxylic acids is 1. The molecule has 0 aliphatic rings. The standard InChI is InChI=1S/C14H14N2O5/c1-7(14(20)21)15-12(18)10-11(17)8-5-3-4-6-9(8)16(2)13(10)19/h3-7,17H,1-2H3,(H,15,18)(H,20,21)/t7-/m1/s1. The Kier molecular flexibility index (Phi) is 3.66. The number of nitrogens with one attached hydrogen (secondary N) is 1. The van der Waals surface area contributed by atoms with Gasteiger partial charge in [0.1, 0.15) is 17.4 Å². The Labute approximate surface area is 119 Å². The van der Waals surface area contributed by atoms with Gasteiger partial charge in [-0.25, -0.2) is 0 Å². The van der Waals surface area contributed by atoms with Crippen molar-refractivity contribution >= 4 is 22.8 Å². The second kappa shape index (κ2) is 5.28. The monoisotopic (exact) mass is 290 g/mol. The number of aliphatic carboxylic acids is 1. The van der Waals surface area contributed by atoms with Crippen molar-refractivity contribution in [3.05, 3.63) is 40.2 Å². The van der Waals surface area contributed by atoms with Crippen molar-refractivity contribution in [3.63, 3.8) is 0 Å². The van der Waals surface area contributed by atoms with Crippen LogP contribution in [-0.4, -0.2) is 32.7 Å². The Morgan fingerprint density at radius 2 is 1.90 bits per heavy atom. The zero-order valence-corrected chi connectivity index (χ0v) is 11.5. The number of aromatic hydroxyl groups is 1. The molecule has 0 aliphatic carbocycles. The number of rotatable bonds is 3. The van der Waals surface area contributed by atoms with Gasteiger partial charge in [0.05, 0.1) is 5.52 Å². The molecule has 1 aromatic carbocycles. The molecule has 1 atom stereocenters. The van der Waals surface area contributed by atoms with Crippen LogP contribution in [0.15, 0.2) is 29.1 Å². The molecular formula is C14H14N2O5. The van der Waals surface area contributed by atoms with Gasteiger partial charge in [-0.15, -0.1) is 0 Å².